The number of nitrogens with one attached hydrogen (secondary N) is 2. The van der Waals surface area contributed by atoms with Gasteiger partial charge in [-0.2, -0.15) is 0 Å². The Labute approximate surface area is 154 Å². The summed E-state index contributed by atoms with van der Waals surface area (Å²) in [7, 11) is 0. The van der Waals surface area contributed by atoms with Crippen LogP contribution in [0.3, 0.4) is 0 Å². The largest absolute Gasteiger partial charge is 0.494 e. The Balaban J connectivity index is 1.42. The van der Waals surface area contributed by atoms with Crippen molar-refractivity contribution in [3.8, 4) is 5.75 Å². The first-order chi connectivity index (χ1) is 12.7. The standard InChI is InChI=1S/C21H25N3O2/c1-2-26-18-9-8-15-10-11-24(14-17(15)12-18)21(25)20-13-19(22-23-20)16-6-4-3-5-7-16/h3-9,12,19-20,22-23H,2,10-11,13-14H2,1H3. The first-order valence-electron chi connectivity index (χ1n) is 9.34. The molecule has 2 atom stereocenters. The molecular formula is C21H25N3O2. The average molecular weight is 351 g/mol. The molecule has 2 unspecified atom stereocenters. The van der Waals surface area contributed by atoms with Gasteiger partial charge in [-0.05, 0) is 48.6 Å². The van der Waals surface area contributed by atoms with E-state index in [4.69, 9.17) is 4.74 Å². The smallest absolute Gasteiger partial charge is 0.241 e. The summed E-state index contributed by atoms with van der Waals surface area (Å²) in [5, 5.41) is 0. The number of fused-ring (bicyclic) bond motifs is 1. The summed E-state index contributed by atoms with van der Waals surface area (Å²) >= 11 is 0. The van der Waals surface area contributed by atoms with Crippen molar-refractivity contribution in [2.75, 3.05) is 13.2 Å². The van der Waals surface area contributed by atoms with E-state index in [9.17, 15) is 4.79 Å². The van der Waals surface area contributed by atoms with E-state index >= 15 is 0 Å². The highest BCUT2D eigenvalue weighted by Crippen LogP contribution is 2.27. The maximum atomic E-state index is 13.0. The zero-order valence-corrected chi connectivity index (χ0v) is 15.1. The van der Waals surface area contributed by atoms with E-state index in [1.54, 1.807) is 0 Å². The molecule has 0 saturated carbocycles. The van der Waals surface area contributed by atoms with Crippen LogP contribution < -0.4 is 15.6 Å². The second-order valence-corrected chi connectivity index (χ2v) is 6.91. The second-order valence-electron chi connectivity index (χ2n) is 6.91. The lowest BCUT2D eigenvalue weighted by molar-refractivity contribution is -0.134. The molecule has 0 radical (unpaired) electrons. The molecule has 2 aromatic rings. The number of hydrogen-bond acceptors (Lipinski definition) is 4. The molecule has 0 bridgehead atoms. The molecule has 0 aromatic heterocycles. The predicted octanol–water partition coefficient (Wildman–Crippen LogP) is 2.58. The van der Waals surface area contributed by atoms with Crippen LogP contribution in [0.25, 0.3) is 0 Å². The number of nitrogens with zero attached hydrogens (tertiary/aromatic N) is 1. The minimum atomic E-state index is -0.183. The Morgan fingerprint density at radius 1 is 1.15 bits per heavy atom. The number of hydrogen-bond donors (Lipinski definition) is 2. The number of carbonyl (C=O) groups excluding carboxylic acids is 1. The normalized spacial score (nSPS) is 22.1. The van der Waals surface area contributed by atoms with Crippen molar-refractivity contribution in [1.82, 2.24) is 15.8 Å². The molecule has 2 N–H and O–H groups in total. The molecule has 0 aliphatic carbocycles. The summed E-state index contributed by atoms with van der Waals surface area (Å²) in [6, 6.07) is 16.5. The Morgan fingerprint density at radius 3 is 2.81 bits per heavy atom. The van der Waals surface area contributed by atoms with E-state index in [-0.39, 0.29) is 18.0 Å². The van der Waals surface area contributed by atoms with Crippen molar-refractivity contribution in [3.63, 3.8) is 0 Å². The Kier molecular flexibility index (Phi) is 4.91. The number of hydrazine groups is 1. The van der Waals surface area contributed by atoms with E-state index in [1.807, 2.05) is 36.1 Å². The molecule has 26 heavy (non-hydrogen) atoms. The van der Waals surface area contributed by atoms with Gasteiger partial charge in [0.25, 0.3) is 0 Å². The lowest BCUT2D eigenvalue weighted by atomic mass is 9.97. The SMILES string of the molecule is CCOc1ccc2c(c1)CN(C(=O)C1CC(c3ccccc3)NN1)CC2. The van der Waals surface area contributed by atoms with E-state index < -0.39 is 0 Å². The highest BCUT2D eigenvalue weighted by atomic mass is 16.5. The molecule has 2 aliphatic heterocycles. The van der Waals surface area contributed by atoms with Gasteiger partial charge >= 0.3 is 0 Å². The lowest BCUT2D eigenvalue weighted by Crippen LogP contribution is -2.47. The molecule has 2 aliphatic rings. The van der Waals surface area contributed by atoms with Crippen molar-refractivity contribution < 1.29 is 9.53 Å². The second kappa shape index (κ2) is 7.48. The third-order valence-electron chi connectivity index (χ3n) is 5.22. The third kappa shape index (κ3) is 3.45. The summed E-state index contributed by atoms with van der Waals surface area (Å²) in [5.74, 6) is 1.05. The van der Waals surface area contributed by atoms with E-state index in [2.05, 4.69) is 35.1 Å². The molecule has 5 nitrogen and oxygen atoms in total. The van der Waals surface area contributed by atoms with Crippen molar-refractivity contribution in [1.29, 1.82) is 0 Å². The van der Waals surface area contributed by atoms with E-state index in [0.717, 1.165) is 25.1 Å². The van der Waals surface area contributed by atoms with Gasteiger partial charge in [0.15, 0.2) is 0 Å². The third-order valence-corrected chi connectivity index (χ3v) is 5.22. The number of amides is 1. The maximum Gasteiger partial charge on any atom is 0.241 e. The Morgan fingerprint density at radius 2 is 2.00 bits per heavy atom. The van der Waals surface area contributed by atoms with Gasteiger partial charge in [-0.15, -0.1) is 0 Å². The maximum absolute atomic E-state index is 13.0. The van der Waals surface area contributed by atoms with Crippen LogP contribution in [-0.4, -0.2) is 30.0 Å². The average Bonchev–Trinajstić information content (AvgIpc) is 3.18. The first-order valence-corrected chi connectivity index (χ1v) is 9.34. The summed E-state index contributed by atoms with van der Waals surface area (Å²) < 4.78 is 5.60. The minimum absolute atomic E-state index is 0.170. The zero-order valence-electron chi connectivity index (χ0n) is 15.1. The topological polar surface area (TPSA) is 53.6 Å². The summed E-state index contributed by atoms with van der Waals surface area (Å²) in [6.07, 6.45) is 1.67. The molecule has 0 spiro atoms. The van der Waals surface area contributed by atoms with E-state index in [0.29, 0.717) is 13.2 Å². The Hall–Kier alpha value is -2.37. The first kappa shape index (κ1) is 17.1. The zero-order chi connectivity index (χ0) is 17.9. The molecule has 1 amide bonds. The minimum Gasteiger partial charge on any atom is -0.494 e. The number of benzene rings is 2. The molecule has 136 valence electrons. The Bertz CT molecular complexity index is 778. The van der Waals surface area contributed by atoms with Crippen LogP contribution in [0.5, 0.6) is 5.75 Å². The van der Waals surface area contributed by atoms with Gasteiger partial charge in [-0.3, -0.25) is 4.79 Å². The van der Waals surface area contributed by atoms with Crippen LogP contribution >= 0.6 is 0 Å². The van der Waals surface area contributed by atoms with Crippen LogP contribution in [0.2, 0.25) is 0 Å². The molecule has 2 aromatic carbocycles. The van der Waals surface area contributed by atoms with Crippen LogP contribution in [0, 0.1) is 0 Å². The number of ether oxygens (including phenoxy) is 1. The molecule has 2 heterocycles. The highest BCUT2D eigenvalue weighted by Gasteiger charge is 2.34. The van der Waals surface area contributed by atoms with Gasteiger partial charge in [0, 0.05) is 19.1 Å². The lowest BCUT2D eigenvalue weighted by Gasteiger charge is -2.31. The van der Waals surface area contributed by atoms with Gasteiger partial charge < -0.3 is 9.64 Å². The monoisotopic (exact) mass is 351 g/mol. The van der Waals surface area contributed by atoms with Crippen molar-refractivity contribution in [3.05, 3.63) is 65.2 Å². The fraction of sp³-hybridized carbons (Fsp3) is 0.381. The molecular weight excluding hydrogens is 326 g/mol. The van der Waals surface area contributed by atoms with Gasteiger partial charge in [0.2, 0.25) is 5.91 Å². The molecule has 4 rings (SSSR count). The molecule has 5 heteroatoms. The fourth-order valence-electron chi connectivity index (χ4n) is 3.82. The fourth-order valence-corrected chi connectivity index (χ4v) is 3.82. The molecule has 1 fully saturated rings. The number of carbonyl (C=O) groups is 1. The van der Waals surface area contributed by atoms with Crippen LogP contribution in [-0.2, 0) is 17.8 Å². The van der Waals surface area contributed by atoms with Crippen molar-refractivity contribution in [2.45, 2.75) is 38.4 Å². The van der Waals surface area contributed by atoms with Crippen molar-refractivity contribution in [2.24, 2.45) is 0 Å². The summed E-state index contributed by atoms with van der Waals surface area (Å²) in [4.78, 5) is 15.0. The van der Waals surface area contributed by atoms with Crippen LogP contribution in [0.15, 0.2) is 48.5 Å². The van der Waals surface area contributed by atoms with Gasteiger partial charge in [-0.1, -0.05) is 36.4 Å². The van der Waals surface area contributed by atoms with Crippen LogP contribution in [0.1, 0.15) is 36.1 Å². The summed E-state index contributed by atoms with van der Waals surface area (Å²) in [6.45, 7) is 4.06. The highest BCUT2D eigenvalue weighted by molar-refractivity contribution is 5.82. The molecule has 1 saturated heterocycles. The quantitative estimate of drug-likeness (QED) is 0.889. The van der Waals surface area contributed by atoms with E-state index in [1.165, 1.54) is 16.7 Å². The van der Waals surface area contributed by atoms with Gasteiger partial charge in [0.05, 0.1) is 6.61 Å². The van der Waals surface area contributed by atoms with Gasteiger partial charge in [0.1, 0.15) is 11.8 Å². The number of rotatable bonds is 4. The predicted molar refractivity (Wildman–Crippen MR) is 101 cm³/mol. The summed E-state index contributed by atoms with van der Waals surface area (Å²) in [5.41, 5.74) is 10.2. The van der Waals surface area contributed by atoms with Gasteiger partial charge in [-0.25, -0.2) is 10.9 Å². The van der Waals surface area contributed by atoms with Crippen LogP contribution in [0.4, 0.5) is 0 Å². The van der Waals surface area contributed by atoms with Crippen molar-refractivity contribution >= 4 is 5.91 Å².